The molecule has 0 saturated carbocycles. The van der Waals surface area contributed by atoms with E-state index in [9.17, 15) is 0 Å². The van der Waals surface area contributed by atoms with Crippen LogP contribution in [0.15, 0.2) is 52.3 Å². The van der Waals surface area contributed by atoms with E-state index in [1.54, 1.807) is 11.8 Å². The van der Waals surface area contributed by atoms with E-state index in [1.165, 1.54) is 16.0 Å². The Bertz CT molecular complexity index is 600. The minimum Gasteiger partial charge on any atom is -0.316 e. The first kappa shape index (κ1) is 16.4. The van der Waals surface area contributed by atoms with Crippen molar-refractivity contribution in [1.29, 1.82) is 0 Å². The Kier molecular flexibility index (Phi) is 5.37. The summed E-state index contributed by atoms with van der Waals surface area (Å²) in [7, 11) is 1.94. The molecule has 0 aliphatic heterocycles. The van der Waals surface area contributed by atoms with Crippen LogP contribution in [-0.2, 0) is 12.0 Å². The Labute approximate surface area is 137 Å². The van der Waals surface area contributed by atoms with Gasteiger partial charge in [-0.05, 0) is 47.9 Å². The third-order valence-electron chi connectivity index (χ3n) is 3.33. The zero-order valence-electron chi connectivity index (χ0n) is 13.0. The van der Waals surface area contributed by atoms with Gasteiger partial charge in [-0.1, -0.05) is 62.3 Å². The lowest BCUT2D eigenvalue weighted by Crippen LogP contribution is -2.10. The van der Waals surface area contributed by atoms with Gasteiger partial charge in [0.25, 0.3) is 0 Å². The molecule has 0 atom stereocenters. The van der Waals surface area contributed by atoms with Gasteiger partial charge in [0.1, 0.15) is 0 Å². The van der Waals surface area contributed by atoms with Gasteiger partial charge in [-0.25, -0.2) is 0 Å². The number of hydrogen-bond donors (Lipinski definition) is 1. The molecule has 0 heterocycles. The maximum absolute atomic E-state index is 6.37. The van der Waals surface area contributed by atoms with Crippen LogP contribution in [0.25, 0.3) is 0 Å². The largest absolute Gasteiger partial charge is 0.316 e. The Morgan fingerprint density at radius 3 is 2.24 bits per heavy atom. The van der Waals surface area contributed by atoms with Crippen molar-refractivity contribution in [2.45, 2.75) is 42.5 Å². The first-order valence-electron chi connectivity index (χ1n) is 7.11. The predicted molar refractivity (Wildman–Crippen MR) is 93.5 cm³/mol. The third kappa shape index (κ3) is 4.50. The van der Waals surface area contributed by atoms with Crippen LogP contribution in [0.3, 0.4) is 0 Å². The van der Waals surface area contributed by atoms with Gasteiger partial charge in [-0.2, -0.15) is 0 Å². The van der Waals surface area contributed by atoms with Gasteiger partial charge in [0.15, 0.2) is 0 Å². The molecule has 112 valence electrons. The van der Waals surface area contributed by atoms with Crippen LogP contribution < -0.4 is 5.32 Å². The topological polar surface area (TPSA) is 12.0 Å². The molecule has 0 aliphatic carbocycles. The molecule has 0 bridgehead atoms. The van der Waals surface area contributed by atoms with Crippen molar-refractivity contribution in [3.63, 3.8) is 0 Å². The van der Waals surface area contributed by atoms with Gasteiger partial charge in [0.2, 0.25) is 0 Å². The Morgan fingerprint density at radius 1 is 1.05 bits per heavy atom. The summed E-state index contributed by atoms with van der Waals surface area (Å²) in [5, 5.41) is 3.95. The van der Waals surface area contributed by atoms with Crippen LogP contribution in [-0.4, -0.2) is 7.05 Å². The highest BCUT2D eigenvalue weighted by atomic mass is 35.5. The lowest BCUT2D eigenvalue weighted by atomic mass is 9.87. The van der Waals surface area contributed by atoms with Crippen LogP contribution in [0.1, 0.15) is 31.9 Å². The van der Waals surface area contributed by atoms with Gasteiger partial charge in [-0.15, -0.1) is 0 Å². The molecule has 0 aliphatic rings. The van der Waals surface area contributed by atoms with Crippen molar-refractivity contribution in [2.75, 3.05) is 7.05 Å². The molecule has 2 aromatic carbocycles. The molecule has 0 spiro atoms. The van der Waals surface area contributed by atoms with Gasteiger partial charge in [0, 0.05) is 16.3 Å². The standard InChI is InChI=1S/C18H22ClNS/c1-18(2,3)14-6-8-15(9-7-14)21-17-10-5-13(12-20-4)11-16(17)19/h5-11,20H,12H2,1-4H3. The fourth-order valence-electron chi connectivity index (χ4n) is 2.09. The molecular weight excluding hydrogens is 298 g/mol. The van der Waals surface area contributed by atoms with Gasteiger partial charge >= 0.3 is 0 Å². The molecule has 0 aromatic heterocycles. The maximum Gasteiger partial charge on any atom is 0.0548 e. The summed E-state index contributed by atoms with van der Waals surface area (Å²) in [5.74, 6) is 0. The summed E-state index contributed by atoms with van der Waals surface area (Å²) < 4.78 is 0. The molecule has 0 unspecified atom stereocenters. The molecule has 0 fully saturated rings. The van der Waals surface area contributed by atoms with Crippen molar-refractivity contribution in [2.24, 2.45) is 0 Å². The Hall–Kier alpha value is -0.960. The molecule has 1 nitrogen and oxygen atoms in total. The van der Waals surface area contributed by atoms with E-state index >= 15 is 0 Å². The molecule has 0 saturated heterocycles. The van der Waals surface area contributed by atoms with Crippen molar-refractivity contribution >= 4 is 23.4 Å². The third-order valence-corrected chi connectivity index (χ3v) is 4.83. The van der Waals surface area contributed by atoms with E-state index in [4.69, 9.17) is 11.6 Å². The fourth-order valence-corrected chi connectivity index (χ4v) is 3.23. The number of halogens is 1. The first-order valence-corrected chi connectivity index (χ1v) is 8.31. The summed E-state index contributed by atoms with van der Waals surface area (Å²) in [5.41, 5.74) is 2.74. The van der Waals surface area contributed by atoms with E-state index in [0.717, 1.165) is 16.5 Å². The number of hydrogen-bond acceptors (Lipinski definition) is 2. The summed E-state index contributed by atoms with van der Waals surface area (Å²) in [6, 6.07) is 15.0. The van der Waals surface area contributed by atoms with Crippen molar-refractivity contribution in [1.82, 2.24) is 5.32 Å². The highest BCUT2D eigenvalue weighted by molar-refractivity contribution is 7.99. The SMILES string of the molecule is CNCc1ccc(Sc2ccc(C(C)(C)C)cc2)c(Cl)c1. The summed E-state index contributed by atoms with van der Waals surface area (Å²) >= 11 is 8.08. The Morgan fingerprint density at radius 2 is 1.71 bits per heavy atom. The second kappa shape index (κ2) is 6.87. The molecule has 21 heavy (non-hydrogen) atoms. The quantitative estimate of drug-likeness (QED) is 0.797. The fraction of sp³-hybridized carbons (Fsp3) is 0.333. The highest BCUT2D eigenvalue weighted by Crippen LogP contribution is 2.34. The molecule has 3 heteroatoms. The predicted octanol–water partition coefficient (Wildman–Crippen LogP) is 5.51. The molecule has 2 aromatic rings. The van der Waals surface area contributed by atoms with Crippen LogP contribution in [0.2, 0.25) is 5.02 Å². The molecule has 2 rings (SSSR count). The highest BCUT2D eigenvalue weighted by Gasteiger charge is 2.13. The average molecular weight is 320 g/mol. The van der Waals surface area contributed by atoms with Crippen molar-refractivity contribution < 1.29 is 0 Å². The number of benzene rings is 2. The van der Waals surface area contributed by atoms with E-state index in [2.05, 4.69) is 62.5 Å². The normalized spacial score (nSPS) is 11.7. The minimum absolute atomic E-state index is 0.190. The van der Waals surface area contributed by atoms with Crippen LogP contribution in [0.5, 0.6) is 0 Å². The number of rotatable bonds is 4. The molecular formula is C18H22ClNS. The van der Waals surface area contributed by atoms with Crippen LogP contribution in [0.4, 0.5) is 0 Å². The molecule has 0 radical (unpaired) electrons. The molecule has 1 N–H and O–H groups in total. The van der Waals surface area contributed by atoms with Crippen LogP contribution in [0, 0.1) is 0 Å². The maximum atomic E-state index is 6.37. The second-order valence-corrected chi connectivity index (χ2v) is 7.69. The number of nitrogens with one attached hydrogen (secondary N) is 1. The Balaban J connectivity index is 2.15. The van der Waals surface area contributed by atoms with Gasteiger partial charge < -0.3 is 5.32 Å². The first-order chi connectivity index (χ1) is 9.90. The van der Waals surface area contributed by atoms with Crippen molar-refractivity contribution in [3.05, 3.63) is 58.6 Å². The van der Waals surface area contributed by atoms with E-state index < -0.39 is 0 Å². The van der Waals surface area contributed by atoms with Gasteiger partial charge in [-0.3, -0.25) is 0 Å². The lowest BCUT2D eigenvalue weighted by molar-refractivity contribution is 0.590. The zero-order chi connectivity index (χ0) is 15.5. The summed E-state index contributed by atoms with van der Waals surface area (Å²) in [4.78, 5) is 2.31. The van der Waals surface area contributed by atoms with Gasteiger partial charge in [0.05, 0.1) is 5.02 Å². The summed E-state index contributed by atoms with van der Waals surface area (Å²) in [6.45, 7) is 7.52. The minimum atomic E-state index is 0.190. The van der Waals surface area contributed by atoms with E-state index in [-0.39, 0.29) is 5.41 Å². The molecule has 0 amide bonds. The smallest absolute Gasteiger partial charge is 0.0548 e. The lowest BCUT2D eigenvalue weighted by Gasteiger charge is -2.19. The van der Waals surface area contributed by atoms with Crippen molar-refractivity contribution in [3.8, 4) is 0 Å². The van der Waals surface area contributed by atoms with E-state index in [1.807, 2.05) is 13.1 Å². The summed E-state index contributed by atoms with van der Waals surface area (Å²) in [6.07, 6.45) is 0. The average Bonchev–Trinajstić information content (AvgIpc) is 2.42. The second-order valence-electron chi connectivity index (χ2n) is 6.17. The van der Waals surface area contributed by atoms with Crippen LogP contribution >= 0.6 is 23.4 Å². The van der Waals surface area contributed by atoms with E-state index in [0.29, 0.717) is 0 Å². The monoisotopic (exact) mass is 319 g/mol. The zero-order valence-corrected chi connectivity index (χ0v) is 14.6.